The molecule has 5 heteroatoms. The molecule has 1 atom stereocenters. The summed E-state index contributed by atoms with van der Waals surface area (Å²) in [5.74, 6) is 0.0467. The predicted octanol–water partition coefficient (Wildman–Crippen LogP) is 3.64. The maximum Gasteiger partial charge on any atom is 0.234 e. The maximum absolute atomic E-state index is 12.2. The van der Waals surface area contributed by atoms with Gasteiger partial charge >= 0.3 is 0 Å². The summed E-state index contributed by atoms with van der Waals surface area (Å²) in [5.41, 5.74) is 2.32. The van der Waals surface area contributed by atoms with Crippen LogP contribution >= 0.6 is 22.9 Å². The largest absolute Gasteiger partial charge is 0.351 e. The molecule has 1 aromatic carbocycles. The number of halogens is 1. The lowest BCUT2D eigenvalue weighted by molar-refractivity contribution is -0.123. The molecular weight excluding hydrogens is 316 g/mol. The Labute approximate surface area is 139 Å². The molecule has 2 heterocycles. The highest BCUT2D eigenvalue weighted by molar-refractivity contribution is 7.10. The summed E-state index contributed by atoms with van der Waals surface area (Å²) in [6, 6.07) is 10.1. The summed E-state index contributed by atoms with van der Waals surface area (Å²) in [4.78, 5) is 15.9. The molecule has 116 valence electrons. The summed E-state index contributed by atoms with van der Waals surface area (Å²) in [6.07, 6.45) is 1.04. The lowest BCUT2D eigenvalue weighted by atomic mass is 10.0. The molecule has 22 heavy (non-hydrogen) atoms. The molecule has 1 aliphatic heterocycles. The van der Waals surface area contributed by atoms with Crippen molar-refractivity contribution in [3.63, 3.8) is 0 Å². The van der Waals surface area contributed by atoms with Gasteiger partial charge in [-0.1, -0.05) is 29.8 Å². The van der Waals surface area contributed by atoms with E-state index in [0.717, 1.165) is 18.5 Å². The van der Waals surface area contributed by atoms with Gasteiger partial charge < -0.3 is 5.32 Å². The second-order valence-corrected chi connectivity index (χ2v) is 6.97. The Morgan fingerprint density at radius 1 is 1.41 bits per heavy atom. The van der Waals surface area contributed by atoms with Crippen LogP contribution in [0.2, 0.25) is 5.02 Å². The molecule has 1 N–H and O–H groups in total. The Balaban J connectivity index is 1.55. The molecule has 2 aromatic rings. The first-order valence-electron chi connectivity index (χ1n) is 7.45. The minimum atomic E-state index is 0.0467. The third-order valence-electron chi connectivity index (χ3n) is 4.18. The van der Waals surface area contributed by atoms with Crippen molar-refractivity contribution in [3.8, 4) is 0 Å². The fraction of sp³-hybridized carbons (Fsp3) is 0.353. The van der Waals surface area contributed by atoms with Crippen molar-refractivity contribution < 1.29 is 4.79 Å². The molecule has 0 aliphatic carbocycles. The highest BCUT2D eigenvalue weighted by Crippen LogP contribution is 2.32. The number of hydrogen-bond acceptors (Lipinski definition) is 3. The van der Waals surface area contributed by atoms with Crippen molar-refractivity contribution in [2.24, 2.45) is 0 Å². The Bertz CT molecular complexity index is 670. The average molecular weight is 335 g/mol. The summed E-state index contributed by atoms with van der Waals surface area (Å²) < 4.78 is 0. The van der Waals surface area contributed by atoms with Gasteiger partial charge in [-0.25, -0.2) is 0 Å². The van der Waals surface area contributed by atoms with Gasteiger partial charge in [0.25, 0.3) is 0 Å². The van der Waals surface area contributed by atoms with E-state index in [1.54, 1.807) is 0 Å². The van der Waals surface area contributed by atoms with Gasteiger partial charge in [0.05, 0.1) is 6.54 Å². The van der Waals surface area contributed by atoms with Gasteiger partial charge in [-0.05, 0) is 42.0 Å². The van der Waals surface area contributed by atoms with Crippen LogP contribution in [0.4, 0.5) is 0 Å². The first-order valence-corrected chi connectivity index (χ1v) is 8.71. The molecule has 1 aromatic heterocycles. The van der Waals surface area contributed by atoms with Gasteiger partial charge in [-0.3, -0.25) is 9.69 Å². The average Bonchev–Trinajstić information content (AvgIpc) is 2.99. The maximum atomic E-state index is 12.2. The van der Waals surface area contributed by atoms with E-state index in [0.29, 0.717) is 24.2 Å². The zero-order valence-corrected chi connectivity index (χ0v) is 14.1. The second kappa shape index (κ2) is 6.82. The van der Waals surface area contributed by atoms with Crippen molar-refractivity contribution >= 4 is 28.8 Å². The van der Waals surface area contributed by atoms with Crippen LogP contribution in [0.25, 0.3) is 0 Å². The van der Waals surface area contributed by atoms with E-state index in [4.69, 9.17) is 11.6 Å². The molecule has 3 nitrogen and oxygen atoms in total. The van der Waals surface area contributed by atoms with Crippen LogP contribution < -0.4 is 5.32 Å². The number of carbonyl (C=O) groups is 1. The number of thiophene rings is 1. The first-order chi connectivity index (χ1) is 10.6. The van der Waals surface area contributed by atoms with E-state index in [2.05, 4.69) is 28.6 Å². The van der Waals surface area contributed by atoms with E-state index >= 15 is 0 Å². The molecule has 3 rings (SSSR count). The number of nitrogens with one attached hydrogen (secondary N) is 1. The zero-order valence-electron chi connectivity index (χ0n) is 12.5. The Kier molecular flexibility index (Phi) is 4.81. The minimum absolute atomic E-state index is 0.0467. The first kappa shape index (κ1) is 15.5. The Hall–Kier alpha value is -1.36. The van der Waals surface area contributed by atoms with Gasteiger partial charge in [-0.2, -0.15) is 0 Å². The number of amides is 1. The standard InChI is InChI=1S/C17H19ClN2OS/c1-12-14-7-9-22-16(14)6-8-20(12)11-17(21)19-10-13-4-2-3-5-15(13)18/h2-5,7,9,12H,6,8,10-11H2,1H3,(H,19,21)/t12-/m1/s1. The third kappa shape index (κ3) is 3.35. The molecule has 0 radical (unpaired) electrons. The Morgan fingerprint density at radius 2 is 2.23 bits per heavy atom. The fourth-order valence-electron chi connectivity index (χ4n) is 2.85. The van der Waals surface area contributed by atoms with Crippen molar-refractivity contribution in [1.29, 1.82) is 0 Å². The smallest absolute Gasteiger partial charge is 0.234 e. The molecule has 0 bridgehead atoms. The molecule has 0 saturated carbocycles. The Morgan fingerprint density at radius 3 is 3.05 bits per heavy atom. The van der Waals surface area contributed by atoms with Crippen LogP contribution in [0.15, 0.2) is 35.7 Å². The van der Waals surface area contributed by atoms with Crippen molar-refractivity contribution in [2.75, 3.05) is 13.1 Å². The molecule has 0 spiro atoms. The van der Waals surface area contributed by atoms with Gasteiger partial charge in [0.15, 0.2) is 0 Å². The highest BCUT2D eigenvalue weighted by atomic mass is 35.5. The number of benzene rings is 1. The summed E-state index contributed by atoms with van der Waals surface area (Å²) in [5, 5.41) is 5.80. The second-order valence-electron chi connectivity index (χ2n) is 5.56. The van der Waals surface area contributed by atoms with E-state index in [1.807, 2.05) is 35.6 Å². The van der Waals surface area contributed by atoms with Crippen molar-refractivity contribution in [3.05, 3.63) is 56.7 Å². The quantitative estimate of drug-likeness (QED) is 0.925. The summed E-state index contributed by atoms with van der Waals surface area (Å²) >= 11 is 7.92. The monoisotopic (exact) mass is 334 g/mol. The van der Waals surface area contributed by atoms with E-state index in [9.17, 15) is 4.79 Å². The summed E-state index contributed by atoms with van der Waals surface area (Å²) in [7, 11) is 0. The van der Waals surface area contributed by atoms with E-state index < -0.39 is 0 Å². The van der Waals surface area contributed by atoms with Crippen LogP contribution in [-0.2, 0) is 17.8 Å². The molecule has 0 unspecified atom stereocenters. The van der Waals surface area contributed by atoms with Crippen molar-refractivity contribution in [2.45, 2.75) is 25.9 Å². The minimum Gasteiger partial charge on any atom is -0.351 e. The van der Waals surface area contributed by atoms with Crippen LogP contribution in [0.1, 0.15) is 29.0 Å². The number of rotatable bonds is 4. The number of nitrogens with zero attached hydrogens (tertiary/aromatic N) is 1. The van der Waals surface area contributed by atoms with Gasteiger partial charge in [0.2, 0.25) is 5.91 Å². The van der Waals surface area contributed by atoms with Crippen LogP contribution in [0.5, 0.6) is 0 Å². The van der Waals surface area contributed by atoms with E-state index in [-0.39, 0.29) is 5.91 Å². The number of carbonyl (C=O) groups excluding carboxylic acids is 1. The van der Waals surface area contributed by atoms with Crippen LogP contribution in [0.3, 0.4) is 0 Å². The normalized spacial score (nSPS) is 18.0. The number of fused-ring (bicyclic) bond motifs is 1. The molecule has 1 amide bonds. The van der Waals surface area contributed by atoms with Crippen LogP contribution in [0, 0.1) is 0 Å². The van der Waals surface area contributed by atoms with Gasteiger partial charge in [0, 0.05) is 29.0 Å². The van der Waals surface area contributed by atoms with E-state index in [1.165, 1.54) is 10.4 Å². The van der Waals surface area contributed by atoms with Crippen LogP contribution in [-0.4, -0.2) is 23.9 Å². The van der Waals surface area contributed by atoms with Gasteiger partial charge in [-0.15, -0.1) is 11.3 Å². The summed E-state index contributed by atoms with van der Waals surface area (Å²) in [6.45, 7) is 4.02. The molecular formula is C17H19ClN2OS. The molecule has 1 aliphatic rings. The topological polar surface area (TPSA) is 32.3 Å². The third-order valence-corrected chi connectivity index (χ3v) is 5.55. The molecule has 0 saturated heterocycles. The SMILES string of the molecule is C[C@@H]1c2ccsc2CCN1CC(=O)NCc1ccccc1Cl. The van der Waals surface area contributed by atoms with Gasteiger partial charge in [0.1, 0.15) is 0 Å². The van der Waals surface area contributed by atoms with Crippen molar-refractivity contribution in [1.82, 2.24) is 10.2 Å². The lowest BCUT2D eigenvalue weighted by Gasteiger charge is -2.32. The highest BCUT2D eigenvalue weighted by Gasteiger charge is 2.25. The number of hydrogen-bond donors (Lipinski definition) is 1. The lowest BCUT2D eigenvalue weighted by Crippen LogP contribution is -2.41. The zero-order chi connectivity index (χ0) is 15.5. The molecule has 0 fully saturated rings. The predicted molar refractivity (Wildman–Crippen MR) is 91.3 cm³/mol. The fourth-order valence-corrected chi connectivity index (χ4v) is 4.02.